The van der Waals surface area contributed by atoms with Crippen LogP contribution in [0.5, 0.6) is 5.75 Å². The van der Waals surface area contributed by atoms with E-state index < -0.39 is 4.92 Å². The van der Waals surface area contributed by atoms with E-state index in [-0.39, 0.29) is 23.4 Å². The van der Waals surface area contributed by atoms with Crippen molar-refractivity contribution in [1.82, 2.24) is 0 Å². The third-order valence-electron chi connectivity index (χ3n) is 5.10. The van der Waals surface area contributed by atoms with E-state index in [0.29, 0.717) is 10.9 Å². The van der Waals surface area contributed by atoms with Gasteiger partial charge in [0.1, 0.15) is 0 Å². The van der Waals surface area contributed by atoms with E-state index in [1.807, 2.05) is 18.2 Å². The summed E-state index contributed by atoms with van der Waals surface area (Å²) in [7, 11) is 1.44. The number of nitrogens with zero attached hydrogens (tertiary/aromatic N) is 1. The Morgan fingerprint density at radius 2 is 2.16 bits per heavy atom. The van der Waals surface area contributed by atoms with Crippen LogP contribution in [0.3, 0.4) is 0 Å². The van der Waals surface area contributed by atoms with Gasteiger partial charge in [0.2, 0.25) is 0 Å². The molecule has 0 spiro atoms. The van der Waals surface area contributed by atoms with Gasteiger partial charge in [-0.3, -0.25) is 10.1 Å². The molecule has 1 aliphatic heterocycles. The van der Waals surface area contributed by atoms with E-state index in [2.05, 4.69) is 23.5 Å². The molecule has 0 fully saturated rings. The molecule has 2 aromatic rings. The average molecular weight is 357 g/mol. The third-order valence-corrected chi connectivity index (χ3v) is 5.42. The number of para-hydroxylation sites is 1. The number of nitro benzene ring substituents is 1. The highest BCUT2D eigenvalue weighted by molar-refractivity contribution is 6.33. The molecular weight excluding hydrogens is 340 g/mol. The summed E-state index contributed by atoms with van der Waals surface area (Å²) >= 11 is 6.40. The van der Waals surface area contributed by atoms with Crippen molar-refractivity contribution < 1.29 is 9.66 Å². The number of methoxy groups -OCH3 is 1. The molecule has 1 heterocycles. The summed E-state index contributed by atoms with van der Waals surface area (Å²) in [5, 5.41) is 15.6. The zero-order valence-corrected chi connectivity index (χ0v) is 14.4. The second-order valence-corrected chi connectivity index (χ2v) is 6.78. The summed E-state index contributed by atoms with van der Waals surface area (Å²) in [5.74, 6) is 0.837. The zero-order chi connectivity index (χ0) is 17.6. The van der Waals surface area contributed by atoms with Crippen LogP contribution in [0, 0.1) is 16.0 Å². The van der Waals surface area contributed by atoms with Crippen LogP contribution >= 0.6 is 11.6 Å². The monoisotopic (exact) mass is 356 g/mol. The zero-order valence-electron chi connectivity index (χ0n) is 13.6. The van der Waals surface area contributed by atoms with Gasteiger partial charge in [0.25, 0.3) is 0 Å². The number of hydrogen-bond donors (Lipinski definition) is 1. The van der Waals surface area contributed by atoms with Gasteiger partial charge in [0.05, 0.1) is 28.8 Å². The molecule has 1 aliphatic carbocycles. The van der Waals surface area contributed by atoms with Gasteiger partial charge in [-0.1, -0.05) is 42.0 Å². The SMILES string of the molecule is COc1ccc([C@H]2Nc3c(Cl)cccc3[C@H]3C=CC[C@@H]32)cc1[N+](=O)[O-]. The van der Waals surface area contributed by atoms with Gasteiger partial charge in [0, 0.05) is 12.0 Å². The summed E-state index contributed by atoms with van der Waals surface area (Å²) in [4.78, 5) is 11.0. The fraction of sp³-hybridized carbons (Fsp3) is 0.263. The van der Waals surface area contributed by atoms with E-state index in [4.69, 9.17) is 16.3 Å². The first-order valence-corrected chi connectivity index (χ1v) is 8.52. The Kier molecular flexibility index (Phi) is 3.88. The van der Waals surface area contributed by atoms with Gasteiger partial charge in [-0.05, 0) is 35.6 Å². The quantitative estimate of drug-likeness (QED) is 0.473. The van der Waals surface area contributed by atoms with Crippen LogP contribution in [0.1, 0.15) is 29.5 Å². The van der Waals surface area contributed by atoms with Crippen molar-refractivity contribution in [2.24, 2.45) is 5.92 Å². The Labute approximate surface area is 150 Å². The Hall–Kier alpha value is -2.53. The number of halogens is 1. The maximum atomic E-state index is 11.4. The summed E-state index contributed by atoms with van der Waals surface area (Å²) in [6.07, 6.45) is 5.32. The van der Waals surface area contributed by atoms with Crippen molar-refractivity contribution in [3.8, 4) is 5.75 Å². The van der Waals surface area contributed by atoms with Crippen molar-refractivity contribution in [2.45, 2.75) is 18.4 Å². The van der Waals surface area contributed by atoms with Crippen molar-refractivity contribution >= 4 is 23.0 Å². The van der Waals surface area contributed by atoms with Crippen molar-refractivity contribution in [1.29, 1.82) is 0 Å². The lowest BCUT2D eigenvalue weighted by Gasteiger charge is -2.37. The van der Waals surface area contributed by atoms with Crippen LogP contribution in [0.25, 0.3) is 0 Å². The first-order valence-electron chi connectivity index (χ1n) is 8.14. The van der Waals surface area contributed by atoms with E-state index in [1.54, 1.807) is 12.1 Å². The third kappa shape index (κ3) is 2.55. The van der Waals surface area contributed by atoms with Gasteiger partial charge in [-0.2, -0.15) is 0 Å². The number of anilines is 1. The van der Waals surface area contributed by atoms with Gasteiger partial charge in [-0.15, -0.1) is 0 Å². The molecule has 25 heavy (non-hydrogen) atoms. The fourth-order valence-corrected chi connectivity index (χ4v) is 4.19. The second-order valence-electron chi connectivity index (χ2n) is 6.37. The minimum absolute atomic E-state index is 0.0192. The van der Waals surface area contributed by atoms with Gasteiger partial charge < -0.3 is 10.1 Å². The molecule has 0 saturated carbocycles. The number of benzene rings is 2. The molecule has 0 radical (unpaired) electrons. The molecule has 0 aromatic heterocycles. The molecule has 2 aromatic carbocycles. The minimum Gasteiger partial charge on any atom is -0.490 e. The molecule has 0 saturated heterocycles. The number of allylic oxidation sites excluding steroid dienone is 2. The number of ether oxygens (including phenoxy) is 1. The topological polar surface area (TPSA) is 64.4 Å². The Morgan fingerprint density at radius 3 is 2.92 bits per heavy atom. The van der Waals surface area contributed by atoms with Crippen LogP contribution in [0.4, 0.5) is 11.4 Å². The number of hydrogen-bond acceptors (Lipinski definition) is 4. The van der Waals surface area contributed by atoms with Crippen LogP contribution in [-0.2, 0) is 0 Å². The molecule has 4 rings (SSSR count). The fourth-order valence-electron chi connectivity index (χ4n) is 3.96. The van der Waals surface area contributed by atoms with Crippen molar-refractivity contribution in [2.75, 3.05) is 12.4 Å². The maximum Gasteiger partial charge on any atom is 0.311 e. The number of rotatable bonds is 3. The van der Waals surface area contributed by atoms with Crippen LogP contribution in [0.2, 0.25) is 5.02 Å². The minimum atomic E-state index is -0.406. The molecule has 1 N–H and O–H groups in total. The first kappa shape index (κ1) is 16.0. The molecule has 2 aliphatic rings. The molecule has 128 valence electrons. The van der Waals surface area contributed by atoms with Crippen LogP contribution in [0.15, 0.2) is 48.6 Å². The lowest BCUT2D eigenvalue weighted by atomic mass is 9.77. The Bertz CT molecular complexity index is 881. The predicted octanol–water partition coefficient (Wildman–Crippen LogP) is 5.08. The second kappa shape index (κ2) is 6.08. The highest BCUT2D eigenvalue weighted by Crippen LogP contribution is 2.51. The summed E-state index contributed by atoms with van der Waals surface area (Å²) < 4.78 is 5.12. The van der Waals surface area contributed by atoms with E-state index in [0.717, 1.165) is 17.7 Å². The van der Waals surface area contributed by atoms with E-state index in [1.165, 1.54) is 12.7 Å². The molecular formula is C19H17ClN2O3. The van der Waals surface area contributed by atoms with Gasteiger partial charge in [0.15, 0.2) is 5.75 Å². The molecule has 5 nitrogen and oxygen atoms in total. The number of nitro groups is 1. The molecule has 0 bridgehead atoms. The van der Waals surface area contributed by atoms with E-state index >= 15 is 0 Å². The predicted molar refractivity (Wildman–Crippen MR) is 97.5 cm³/mol. The first-order chi connectivity index (χ1) is 12.1. The van der Waals surface area contributed by atoms with E-state index in [9.17, 15) is 10.1 Å². The Balaban J connectivity index is 1.80. The number of fused-ring (bicyclic) bond motifs is 3. The normalized spacial score (nSPS) is 23.5. The molecule has 3 atom stereocenters. The number of nitrogens with one attached hydrogen (secondary N) is 1. The Morgan fingerprint density at radius 1 is 1.32 bits per heavy atom. The maximum absolute atomic E-state index is 11.4. The average Bonchev–Trinajstić information content (AvgIpc) is 3.11. The largest absolute Gasteiger partial charge is 0.490 e. The van der Waals surface area contributed by atoms with Gasteiger partial charge in [-0.25, -0.2) is 0 Å². The van der Waals surface area contributed by atoms with Crippen LogP contribution in [-0.4, -0.2) is 12.0 Å². The van der Waals surface area contributed by atoms with Crippen molar-refractivity contribution in [3.05, 3.63) is 74.8 Å². The molecule has 0 amide bonds. The summed E-state index contributed by atoms with van der Waals surface area (Å²) in [6.45, 7) is 0. The molecule has 6 heteroatoms. The van der Waals surface area contributed by atoms with Gasteiger partial charge >= 0.3 is 5.69 Å². The summed E-state index contributed by atoms with van der Waals surface area (Å²) in [5.41, 5.74) is 2.96. The smallest absolute Gasteiger partial charge is 0.311 e. The highest BCUT2D eigenvalue weighted by Gasteiger charge is 2.39. The van der Waals surface area contributed by atoms with Crippen molar-refractivity contribution in [3.63, 3.8) is 0 Å². The molecule has 0 unspecified atom stereocenters. The lowest BCUT2D eigenvalue weighted by Crippen LogP contribution is -2.29. The van der Waals surface area contributed by atoms with Crippen LogP contribution < -0.4 is 10.1 Å². The highest BCUT2D eigenvalue weighted by atomic mass is 35.5. The summed E-state index contributed by atoms with van der Waals surface area (Å²) in [6, 6.07) is 11.0. The lowest BCUT2D eigenvalue weighted by molar-refractivity contribution is -0.385. The standard InChI is InChI=1S/C19H17ClN2O3/c1-25-17-9-8-11(10-16(17)22(23)24)18-13-5-2-4-12(13)14-6-3-7-15(20)19(14)21-18/h2-4,6-10,12-13,18,21H,5H2,1H3/t12-,13-,18+/m0/s1.